The highest BCUT2D eigenvalue weighted by Gasteiger charge is 2.40. The van der Waals surface area contributed by atoms with Gasteiger partial charge in [0.15, 0.2) is 11.6 Å². The van der Waals surface area contributed by atoms with Gasteiger partial charge in [0, 0.05) is 17.1 Å². The highest BCUT2D eigenvalue weighted by molar-refractivity contribution is 6.35. The van der Waals surface area contributed by atoms with E-state index in [9.17, 15) is 9.59 Å². The SMILES string of the molecule is CC1(C)Nc2cc(N)c3c(c2N1)C(=O)c1c(N)ccc(N)c1C3=O. The second kappa shape index (κ2) is 4.19. The molecular formula is C17H17N5O2. The quantitative estimate of drug-likeness (QED) is 0.398. The Kier molecular flexibility index (Phi) is 2.51. The van der Waals surface area contributed by atoms with Crippen molar-refractivity contribution in [1.29, 1.82) is 0 Å². The molecule has 2 aromatic rings. The van der Waals surface area contributed by atoms with Crippen LogP contribution in [-0.4, -0.2) is 17.2 Å². The van der Waals surface area contributed by atoms with Crippen LogP contribution in [0.4, 0.5) is 28.4 Å². The summed E-state index contributed by atoms with van der Waals surface area (Å²) in [5.74, 6) is -0.726. The molecule has 4 rings (SSSR count). The monoisotopic (exact) mass is 323 g/mol. The lowest BCUT2D eigenvalue weighted by atomic mass is 9.80. The largest absolute Gasteiger partial charge is 0.398 e. The summed E-state index contributed by atoms with van der Waals surface area (Å²) in [5, 5.41) is 6.47. The van der Waals surface area contributed by atoms with E-state index in [-0.39, 0.29) is 50.9 Å². The first-order chi connectivity index (χ1) is 11.2. The normalized spacial score (nSPS) is 16.8. The molecule has 0 unspecified atom stereocenters. The molecule has 0 saturated heterocycles. The molecule has 1 aliphatic carbocycles. The van der Waals surface area contributed by atoms with Crippen molar-refractivity contribution in [2.45, 2.75) is 19.5 Å². The lowest BCUT2D eigenvalue weighted by Gasteiger charge is -2.24. The standard InChI is InChI=1S/C17H17N5O2/c1-17(2)21-9-5-8(20)12-13(14(9)22-17)16(24)11-7(19)4-3-6(18)10(11)15(12)23/h3-5,21-22H,18-20H2,1-2H3. The van der Waals surface area contributed by atoms with E-state index in [1.54, 1.807) is 6.07 Å². The van der Waals surface area contributed by atoms with E-state index in [1.165, 1.54) is 12.1 Å². The van der Waals surface area contributed by atoms with Crippen molar-refractivity contribution >= 4 is 40.0 Å². The summed E-state index contributed by atoms with van der Waals surface area (Å²) in [6.07, 6.45) is 0. The molecule has 7 nitrogen and oxygen atoms in total. The molecule has 122 valence electrons. The average Bonchev–Trinajstić information content (AvgIpc) is 2.79. The lowest BCUT2D eigenvalue weighted by molar-refractivity contribution is 0.0981. The molecular weight excluding hydrogens is 306 g/mol. The number of hydrogen-bond donors (Lipinski definition) is 5. The van der Waals surface area contributed by atoms with E-state index in [2.05, 4.69) is 10.6 Å². The summed E-state index contributed by atoms with van der Waals surface area (Å²) in [5.41, 5.74) is 20.1. The van der Waals surface area contributed by atoms with E-state index >= 15 is 0 Å². The second-order valence-corrected chi connectivity index (χ2v) is 6.67. The van der Waals surface area contributed by atoms with Gasteiger partial charge in [-0.1, -0.05) is 0 Å². The van der Waals surface area contributed by atoms with Gasteiger partial charge >= 0.3 is 0 Å². The molecule has 2 aromatic carbocycles. The maximum atomic E-state index is 13.1. The highest BCUT2D eigenvalue weighted by Crippen LogP contribution is 2.46. The maximum absolute atomic E-state index is 13.1. The van der Waals surface area contributed by atoms with Crippen molar-refractivity contribution in [2.24, 2.45) is 0 Å². The Morgan fingerprint density at radius 1 is 0.792 bits per heavy atom. The zero-order valence-corrected chi connectivity index (χ0v) is 13.3. The number of carbonyl (C=O) groups excluding carboxylic acids is 2. The Morgan fingerprint density at radius 3 is 1.88 bits per heavy atom. The molecule has 0 atom stereocenters. The van der Waals surface area contributed by atoms with E-state index in [0.29, 0.717) is 11.4 Å². The zero-order chi connectivity index (χ0) is 17.4. The van der Waals surface area contributed by atoms with Gasteiger partial charge < -0.3 is 27.8 Å². The average molecular weight is 323 g/mol. The van der Waals surface area contributed by atoms with Gasteiger partial charge in [0.1, 0.15) is 5.66 Å². The number of anilines is 5. The van der Waals surface area contributed by atoms with Gasteiger partial charge in [-0.3, -0.25) is 9.59 Å². The third-order valence-electron chi connectivity index (χ3n) is 4.42. The fourth-order valence-corrected chi connectivity index (χ4v) is 3.46. The lowest BCUT2D eigenvalue weighted by Crippen LogP contribution is -2.34. The van der Waals surface area contributed by atoms with Gasteiger partial charge in [0.05, 0.1) is 33.6 Å². The van der Waals surface area contributed by atoms with Gasteiger partial charge in [-0.15, -0.1) is 0 Å². The highest BCUT2D eigenvalue weighted by atomic mass is 16.1. The van der Waals surface area contributed by atoms with E-state index < -0.39 is 5.66 Å². The summed E-state index contributed by atoms with van der Waals surface area (Å²) in [4.78, 5) is 26.1. The van der Waals surface area contributed by atoms with Crippen LogP contribution in [0.15, 0.2) is 18.2 Å². The number of nitrogens with one attached hydrogen (secondary N) is 2. The number of hydrogen-bond acceptors (Lipinski definition) is 7. The van der Waals surface area contributed by atoms with Crippen molar-refractivity contribution < 1.29 is 9.59 Å². The van der Waals surface area contributed by atoms with Crippen molar-refractivity contribution in [3.63, 3.8) is 0 Å². The fourth-order valence-electron chi connectivity index (χ4n) is 3.46. The van der Waals surface area contributed by atoms with Gasteiger partial charge in [-0.05, 0) is 32.0 Å². The minimum Gasteiger partial charge on any atom is -0.398 e. The summed E-state index contributed by atoms with van der Waals surface area (Å²) in [6, 6.07) is 4.72. The number of ketones is 2. The molecule has 8 N–H and O–H groups in total. The summed E-state index contributed by atoms with van der Waals surface area (Å²) < 4.78 is 0. The van der Waals surface area contributed by atoms with Gasteiger partial charge in [-0.2, -0.15) is 0 Å². The van der Waals surface area contributed by atoms with Crippen LogP contribution in [0.25, 0.3) is 0 Å². The zero-order valence-electron chi connectivity index (χ0n) is 13.3. The third kappa shape index (κ3) is 1.66. The molecule has 0 spiro atoms. The van der Waals surface area contributed by atoms with Crippen molar-refractivity contribution in [2.75, 3.05) is 27.8 Å². The van der Waals surface area contributed by atoms with Crippen molar-refractivity contribution in [3.05, 3.63) is 40.5 Å². The first kappa shape index (κ1) is 14.4. The Hall–Kier alpha value is -3.22. The molecule has 2 aliphatic rings. The Labute approximate surface area is 138 Å². The topological polar surface area (TPSA) is 136 Å². The molecule has 1 heterocycles. The maximum Gasteiger partial charge on any atom is 0.198 e. The van der Waals surface area contributed by atoms with Gasteiger partial charge in [0.25, 0.3) is 0 Å². The predicted molar refractivity (Wildman–Crippen MR) is 94.3 cm³/mol. The van der Waals surface area contributed by atoms with Crippen LogP contribution in [-0.2, 0) is 0 Å². The van der Waals surface area contributed by atoms with E-state index in [4.69, 9.17) is 17.2 Å². The third-order valence-corrected chi connectivity index (χ3v) is 4.42. The molecule has 0 fully saturated rings. The molecule has 0 bridgehead atoms. The van der Waals surface area contributed by atoms with Gasteiger partial charge in [0.2, 0.25) is 0 Å². The van der Waals surface area contributed by atoms with Crippen LogP contribution >= 0.6 is 0 Å². The summed E-state index contributed by atoms with van der Waals surface area (Å²) >= 11 is 0. The molecule has 1 aliphatic heterocycles. The summed E-state index contributed by atoms with van der Waals surface area (Å²) in [6.45, 7) is 3.84. The van der Waals surface area contributed by atoms with Crippen LogP contribution in [0.3, 0.4) is 0 Å². The minimum absolute atomic E-state index is 0.129. The van der Waals surface area contributed by atoms with E-state index in [1.807, 2.05) is 13.8 Å². The Bertz CT molecular complexity index is 962. The number of benzene rings is 2. The van der Waals surface area contributed by atoms with Crippen LogP contribution < -0.4 is 27.8 Å². The van der Waals surface area contributed by atoms with Crippen LogP contribution in [0.1, 0.15) is 45.7 Å². The number of nitrogens with two attached hydrogens (primary N) is 3. The van der Waals surface area contributed by atoms with Crippen LogP contribution in [0.5, 0.6) is 0 Å². The second-order valence-electron chi connectivity index (χ2n) is 6.67. The first-order valence-electron chi connectivity index (χ1n) is 7.51. The Morgan fingerprint density at radius 2 is 1.29 bits per heavy atom. The summed E-state index contributed by atoms with van der Waals surface area (Å²) in [7, 11) is 0. The number of carbonyl (C=O) groups is 2. The first-order valence-corrected chi connectivity index (χ1v) is 7.51. The molecule has 7 heteroatoms. The smallest absolute Gasteiger partial charge is 0.198 e. The minimum atomic E-state index is -0.464. The fraction of sp³-hybridized carbons (Fsp3) is 0.176. The molecule has 0 radical (unpaired) electrons. The predicted octanol–water partition coefficient (Wildman–Crippen LogP) is 1.78. The Balaban J connectivity index is 2.08. The van der Waals surface area contributed by atoms with Crippen LogP contribution in [0, 0.1) is 0 Å². The van der Waals surface area contributed by atoms with Gasteiger partial charge in [-0.25, -0.2) is 0 Å². The molecule has 0 saturated carbocycles. The molecule has 0 aromatic heterocycles. The number of rotatable bonds is 0. The molecule has 24 heavy (non-hydrogen) atoms. The van der Waals surface area contributed by atoms with Crippen LogP contribution in [0.2, 0.25) is 0 Å². The van der Waals surface area contributed by atoms with E-state index in [0.717, 1.165) is 0 Å². The number of fused-ring (bicyclic) bond motifs is 4. The van der Waals surface area contributed by atoms with Crippen molar-refractivity contribution in [3.8, 4) is 0 Å². The molecule has 0 amide bonds. The van der Waals surface area contributed by atoms with Crippen molar-refractivity contribution in [1.82, 2.24) is 0 Å². The number of nitrogen functional groups attached to an aromatic ring is 3.